The number of halogens is 2. The molecule has 0 atom stereocenters. The van der Waals surface area contributed by atoms with Crippen molar-refractivity contribution in [3.8, 4) is 23.2 Å². The molecule has 8 heteroatoms. The number of nitrogen functional groups attached to an aromatic ring is 1. The van der Waals surface area contributed by atoms with Gasteiger partial charge in [-0.25, -0.2) is 23.7 Å². The van der Waals surface area contributed by atoms with Gasteiger partial charge in [-0.15, -0.1) is 0 Å². The summed E-state index contributed by atoms with van der Waals surface area (Å²) in [6.07, 6.45) is 4.04. The molecule has 0 unspecified atom stereocenters. The number of nitrogens with two attached hydrogens (primary N) is 1. The molecule has 0 spiro atoms. The summed E-state index contributed by atoms with van der Waals surface area (Å²) < 4.78 is 29.3. The standard InChI is InChI=1S/C20H17F2N5O/c21-12-8-11(9-13(22)10-12)18-26-16-17(23)24-15(4-7-20(28)5-1-6-20)25-19(16)27(18)14-2-3-14/h8-10,14,28H,1-3,5-6H2,(H2,23,24,25). The topological polar surface area (TPSA) is 89.8 Å². The minimum atomic E-state index is -0.978. The van der Waals surface area contributed by atoms with Gasteiger partial charge < -0.3 is 15.4 Å². The molecule has 142 valence electrons. The quantitative estimate of drug-likeness (QED) is 0.666. The van der Waals surface area contributed by atoms with E-state index in [0.29, 0.717) is 35.4 Å². The Morgan fingerprint density at radius 2 is 1.82 bits per heavy atom. The van der Waals surface area contributed by atoms with Crippen LogP contribution in [0.3, 0.4) is 0 Å². The molecule has 2 aromatic heterocycles. The van der Waals surface area contributed by atoms with Gasteiger partial charge >= 0.3 is 0 Å². The van der Waals surface area contributed by atoms with Crippen molar-refractivity contribution in [2.24, 2.45) is 0 Å². The van der Waals surface area contributed by atoms with Crippen LogP contribution in [0.15, 0.2) is 18.2 Å². The summed E-state index contributed by atoms with van der Waals surface area (Å²) in [4.78, 5) is 13.2. The second-order valence-corrected chi connectivity index (χ2v) is 7.43. The number of nitrogens with zero attached hydrogens (tertiary/aromatic N) is 4. The van der Waals surface area contributed by atoms with Crippen molar-refractivity contribution in [2.45, 2.75) is 43.7 Å². The number of benzene rings is 1. The molecule has 5 rings (SSSR count). The third-order valence-electron chi connectivity index (χ3n) is 5.19. The van der Waals surface area contributed by atoms with Crippen molar-refractivity contribution >= 4 is 17.0 Å². The zero-order valence-corrected chi connectivity index (χ0v) is 14.9. The lowest BCUT2D eigenvalue weighted by molar-refractivity contribution is 0.0239. The molecule has 0 amide bonds. The van der Waals surface area contributed by atoms with Crippen LogP contribution in [0.25, 0.3) is 22.6 Å². The Balaban J connectivity index is 1.68. The molecule has 2 aliphatic rings. The Morgan fingerprint density at radius 3 is 2.43 bits per heavy atom. The van der Waals surface area contributed by atoms with Crippen molar-refractivity contribution in [1.29, 1.82) is 0 Å². The molecule has 0 saturated heterocycles. The number of hydrogen-bond acceptors (Lipinski definition) is 5. The molecule has 0 radical (unpaired) electrons. The van der Waals surface area contributed by atoms with Gasteiger partial charge in [0.2, 0.25) is 5.82 Å². The van der Waals surface area contributed by atoms with Crippen LogP contribution in [0.5, 0.6) is 0 Å². The van der Waals surface area contributed by atoms with Gasteiger partial charge in [-0.3, -0.25) is 0 Å². The number of fused-ring (bicyclic) bond motifs is 1. The molecule has 28 heavy (non-hydrogen) atoms. The summed E-state index contributed by atoms with van der Waals surface area (Å²) in [5, 5.41) is 10.2. The van der Waals surface area contributed by atoms with Gasteiger partial charge in [-0.1, -0.05) is 5.92 Å². The van der Waals surface area contributed by atoms with Crippen molar-refractivity contribution in [2.75, 3.05) is 5.73 Å². The zero-order chi connectivity index (χ0) is 19.5. The Kier molecular flexibility index (Phi) is 3.64. The van der Waals surface area contributed by atoms with Crippen LogP contribution in [0, 0.1) is 23.5 Å². The average Bonchev–Trinajstić information content (AvgIpc) is 3.37. The number of anilines is 1. The van der Waals surface area contributed by atoms with Gasteiger partial charge in [0.1, 0.15) is 23.1 Å². The van der Waals surface area contributed by atoms with Crippen LogP contribution in [-0.4, -0.2) is 30.2 Å². The van der Waals surface area contributed by atoms with Gasteiger partial charge in [0.15, 0.2) is 17.0 Å². The third kappa shape index (κ3) is 2.88. The summed E-state index contributed by atoms with van der Waals surface area (Å²) in [5.74, 6) is 5.02. The van der Waals surface area contributed by atoms with Crippen LogP contribution in [-0.2, 0) is 0 Å². The lowest BCUT2D eigenvalue weighted by Crippen LogP contribution is -2.34. The highest BCUT2D eigenvalue weighted by atomic mass is 19.1. The number of aliphatic hydroxyl groups is 1. The van der Waals surface area contributed by atoms with Crippen molar-refractivity contribution in [1.82, 2.24) is 19.5 Å². The van der Waals surface area contributed by atoms with Crippen LogP contribution < -0.4 is 5.73 Å². The second kappa shape index (κ2) is 5.97. The van der Waals surface area contributed by atoms with E-state index >= 15 is 0 Å². The van der Waals surface area contributed by atoms with E-state index in [4.69, 9.17) is 5.73 Å². The summed E-state index contributed by atoms with van der Waals surface area (Å²) >= 11 is 0. The maximum atomic E-state index is 13.7. The summed E-state index contributed by atoms with van der Waals surface area (Å²) in [6, 6.07) is 3.43. The lowest BCUT2D eigenvalue weighted by Gasteiger charge is -2.30. The van der Waals surface area contributed by atoms with Gasteiger partial charge in [-0.05, 0) is 50.2 Å². The smallest absolute Gasteiger partial charge is 0.209 e. The summed E-state index contributed by atoms with van der Waals surface area (Å²) in [6.45, 7) is 0. The minimum absolute atomic E-state index is 0.136. The first kappa shape index (κ1) is 17.1. The molecule has 2 fully saturated rings. The van der Waals surface area contributed by atoms with E-state index in [0.717, 1.165) is 25.3 Å². The molecule has 3 N–H and O–H groups in total. The van der Waals surface area contributed by atoms with Gasteiger partial charge in [0, 0.05) is 17.7 Å². The lowest BCUT2D eigenvalue weighted by atomic mass is 9.81. The highest BCUT2D eigenvalue weighted by Gasteiger charge is 2.33. The van der Waals surface area contributed by atoms with Crippen molar-refractivity contribution < 1.29 is 13.9 Å². The van der Waals surface area contributed by atoms with Gasteiger partial charge in [0.25, 0.3) is 0 Å². The Morgan fingerprint density at radius 1 is 1.11 bits per heavy atom. The fraction of sp³-hybridized carbons (Fsp3) is 0.350. The maximum absolute atomic E-state index is 13.7. The molecule has 1 aromatic carbocycles. The van der Waals surface area contributed by atoms with Gasteiger partial charge in [-0.2, -0.15) is 0 Å². The van der Waals surface area contributed by atoms with Crippen molar-refractivity contribution in [3.05, 3.63) is 35.7 Å². The van der Waals surface area contributed by atoms with E-state index in [-0.39, 0.29) is 17.7 Å². The first-order valence-electron chi connectivity index (χ1n) is 9.19. The van der Waals surface area contributed by atoms with Crippen molar-refractivity contribution in [3.63, 3.8) is 0 Å². The highest BCUT2D eigenvalue weighted by molar-refractivity contribution is 5.86. The molecule has 2 aliphatic carbocycles. The third-order valence-corrected chi connectivity index (χ3v) is 5.19. The van der Waals surface area contributed by atoms with Crippen LogP contribution >= 0.6 is 0 Å². The van der Waals surface area contributed by atoms with Crippen LogP contribution in [0.2, 0.25) is 0 Å². The van der Waals surface area contributed by atoms with E-state index < -0.39 is 17.2 Å². The number of imidazole rings is 1. The molecular weight excluding hydrogens is 364 g/mol. The minimum Gasteiger partial charge on any atom is -0.382 e. The normalized spacial score (nSPS) is 17.8. The highest BCUT2D eigenvalue weighted by Crippen LogP contribution is 2.41. The fourth-order valence-corrected chi connectivity index (χ4v) is 3.43. The summed E-state index contributed by atoms with van der Waals surface area (Å²) in [7, 11) is 0. The molecule has 6 nitrogen and oxygen atoms in total. The average molecular weight is 381 g/mol. The number of hydrogen-bond donors (Lipinski definition) is 2. The predicted molar refractivity (Wildman–Crippen MR) is 99.0 cm³/mol. The Bertz CT molecular complexity index is 1150. The molecule has 0 aliphatic heterocycles. The van der Waals surface area contributed by atoms with E-state index in [1.807, 2.05) is 4.57 Å². The number of aromatic nitrogens is 4. The maximum Gasteiger partial charge on any atom is 0.209 e. The number of rotatable bonds is 2. The molecule has 3 aromatic rings. The molecule has 2 saturated carbocycles. The largest absolute Gasteiger partial charge is 0.382 e. The predicted octanol–water partition coefficient (Wildman–Crippen LogP) is 2.96. The van der Waals surface area contributed by atoms with Crippen LogP contribution in [0.1, 0.15) is 44.0 Å². The van der Waals surface area contributed by atoms with E-state index in [1.54, 1.807) is 0 Å². The second-order valence-electron chi connectivity index (χ2n) is 7.43. The molecule has 0 bridgehead atoms. The SMILES string of the molecule is Nc1nc(C#CC2(O)CCC2)nc2c1nc(-c1cc(F)cc(F)c1)n2C1CC1. The van der Waals surface area contributed by atoms with E-state index in [9.17, 15) is 13.9 Å². The Hall–Kier alpha value is -3.05. The molecular formula is C20H17F2N5O. The first-order chi connectivity index (χ1) is 13.4. The van der Waals surface area contributed by atoms with E-state index in [1.165, 1.54) is 12.1 Å². The first-order valence-corrected chi connectivity index (χ1v) is 9.19. The fourth-order valence-electron chi connectivity index (χ4n) is 3.43. The van der Waals surface area contributed by atoms with E-state index in [2.05, 4.69) is 26.8 Å². The summed E-state index contributed by atoms with van der Waals surface area (Å²) in [5.41, 5.74) is 6.28. The van der Waals surface area contributed by atoms with Crippen LogP contribution in [0.4, 0.5) is 14.6 Å². The monoisotopic (exact) mass is 381 g/mol. The zero-order valence-electron chi connectivity index (χ0n) is 14.9. The molecule has 2 heterocycles. The Labute approximate surface area is 159 Å². The van der Waals surface area contributed by atoms with Gasteiger partial charge in [0.05, 0.1) is 0 Å².